The second-order valence-electron chi connectivity index (χ2n) is 28.7. The minimum atomic E-state index is -0.513. The molecule has 0 N–H and O–H groups in total. The lowest BCUT2D eigenvalue weighted by Crippen LogP contribution is -2.32. The van der Waals surface area contributed by atoms with Gasteiger partial charge in [0, 0.05) is 50.5 Å². The van der Waals surface area contributed by atoms with E-state index in [-0.39, 0.29) is 89.9 Å². The van der Waals surface area contributed by atoms with Crippen LogP contribution in [0.5, 0.6) is 46.0 Å². The van der Waals surface area contributed by atoms with Crippen molar-refractivity contribution in [3.8, 4) is 46.0 Å². The summed E-state index contributed by atoms with van der Waals surface area (Å²) >= 11 is 0. The lowest BCUT2D eigenvalue weighted by atomic mass is 9.97. The minimum Gasteiger partial charge on any atom is -0.490 e. The molecular weight excluding hydrogens is 1580 g/mol. The number of nitrogens with zero attached hydrogens (tertiary/aromatic N) is 12. The van der Waals surface area contributed by atoms with Gasteiger partial charge in [-0.1, -0.05) is 120 Å². The SMILES string of the molecule is [B]Cc1ccc(OC(=O)CCC)c(OCCCc2cn(CCOCCOCC(COCC(COCCOCCn3cc(CCCOc4cc(C[B])ccc4OC(=O)CCC)nn3)OCCOCCn3cc(CCCOc4cc(C[B])ccc4OC(=O)CCC)nn3)OCCOCCn3cc(CCCOc4cc(C[B])ccc4OC(=O)CCC)nn3)nn2)c1. The van der Waals surface area contributed by atoms with Gasteiger partial charge in [-0.05, 0) is 126 Å². The van der Waals surface area contributed by atoms with E-state index in [9.17, 15) is 19.2 Å². The predicted molar refractivity (Wildman–Crippen MR) is 456 cm³/mol. The summed E-state index contributed by atoms with van der Waals surface area (Å²) in [5.41, 5.74) is 6.60. The van der Waals surface area contributed by atoms with E-state index in [1.54, 1.807) is 67.3 Å². The largest absolute Gasteiger partial charge is 0.490 e. The van der Waals surface area contributed by atoms with Crippen LogP contribution in [0.3, 0.4) is 0 Å². The molecule has 0 aliphatic carbocycles. The Morgan fingerprint density at radius 2 is 0.545 bits per heavy atom. The number of esters is 4. The number of aromatic nitrogens is 12. The summed E-state index contributed by atoms with van der Waals surface area (Å²) in [5, 5.41) is 34.5. The van der Waals surface area contributed by atoms with Crippen molar-refractivity contribution in [3.63, 3.8) is 0 Å². The summed E-state index contributed by atoms with van der Waals surface area (Å²) in [6.45, 7) is 15.2. The van der Waals surface area contributed by atoms with Crippen LogP contribution in [0, 0.1) is 0 Å². The molecule has 8 rings (SSSR count). The Morgan fingerprint density at radius 1 is 0.301 bits per heavy atom. The number of carbonyl (C=O) groups is 4. The molecule has 660 valence electrons. The average molecular weight is 1700 g/mol. The molecule has 0 fully saturated rings. The Morgan fingerprint density at radius 3 is 0.797 bits per heavy atom. The molecule has 0 aliphatic heterocycles. The van der Waals surface area contributed by atoms with Gasteiger partial charge in [0.1, 0.15) is 12.2 Å². The fourth-order valence-corrected chi connectivity index (χ4v) is 11.9. The molecule has 33 nitrogen and oxygen atoms in total. The number of hydrogen-bond donors (Lipinski definition) is 0. The summed E-state index contributed by atoms with van der Waals surface area (Å²) in [7, 11) is 23.5. The van der Waals surface area contributed by atoms with Crippen LogP contribution in [-0.2, 0) is 139 Å². The maximum atomic E-state index is 12.3. The molecule has 2 atom stereocenters. The lowest BCUT2D eigenvalue weighted by Gasteiger charge is -2.22. The first-order valence-electron chi connectivity index (χ1n) is 42.7. The third-order valence-electron chi connectivity index (χ3n) is 18.4. The average Bonchev–Trinajstić information content (AvgIpc) is 1.71. The molecule has 0 spiro atoms. The molecule has 0 bridgehead atoms. The number of rotatable bonds is 70. The Kier molecular flexibility index (Phi) is 47.7. The van der Waals surface area contributed by atoms with Crippen molar-refractivity contribution in [1.29, 1.82) is 0 Å². The molecule has 4 aromatic carbocycles. The quantitative estimate of drug-likeness (QED) is 0.0149. The highest BCUT2D eigenvalue weighted by atomic mass is 16.6. The summed E-state index contributed by atoms with van der Waals surface area (Å²) in [6, 6.07) is 21.3. The zero-order valence-corrected chi connectivity index (χ0v) is 71.8. The van der Waals surface area contributed by atoms with E-state index in [0.29, 0.717) is 266 Å². The first-order valence-corrected chi connectivity index (χ1v) is 42.7. The molecule has 0 amide bonds. The summed E-state index contributed by atoms with van der Waals surface area (Å²) < 4.78 is 109. The number of carbonyl (C=O) groups excluding carboxylic acids is 4. The molecule has 4 aromatic heterocycles. The summed E-state index contributed by atoms with van der Waals surface area (Å²) in [4.78, 5) is 49.1. The lowest BCUT2D eigenvalue weighted by molar-refractivity contribution is -0.135. The first-order chi connectivity index (χ1) is 60.2. The van der Waals surface area contributed by atoms with Gasteiger partial charge in [-0.2, -0.15) is 0 Å². The van der Waals surface area contributed by atoms with E-state index in [4.69, 9.17) is 112 Å². The predicted octanol–water partition coefficient (Wildman–Crippen LogP) is 8.58. The Bertz CT molecular complexity index is 4040. The monoisotopic (exact) mass is 1700 g/mol. The number of benzene rings is 4. The normalized spacial score (nSPS) is 11.9. The highest BCUT2D eigenvalue weighted by Crippen LogP contribution is 2.33. The first kappa shape index (κ1) is 98.9. The second-order valence-corrected chi connectivity index (χ2v) is 28.7. The van der Waals surface area contributed by atoms with Crippen molar-refractivity contribution in [3.05, 3.63) is 143 Å². The summed E-state index contributed by atoms with van der Waals surface area (Å²) in [5.74, 6) is 2.01. The third-order valence-corrected chi connectivity index (χ3v) is 18.4. The topological polar surface area (TPSA) is 348 Å². The summed E-state index contributed by atoms with van der Waals surface area (Å²) in [6.07, 6.45) is 16.7. The second kappa shape index (κ2) is 59.3. The molecule has 37 heteroatoms. The van der Waals surface area contributed by atoms with Gasteiger partial charge in [-0.3, -0.25) is 19.2 Å². The Balaban J connectivity index is 0.798. The molecule has 0 aliphatic rings. The van der Waals surface area contributed by atoms with Crippen LogP contribution in [0.25, 0.3) is 0 Å². The molecular formula is C86H118B4N12O21. The van der Waals surface area contributed by atoms with Crippen molar-refractivity contribution in [2.24, 2.45) is 0 Å². The van der Waals surface area contributed by atoms with Gasteiger partial charge in [0.15, 0.2) is 46.0 Å². The molecule has 0 saturated heterocycles. The Labute approximate surface area is 726 Å². The molecule has 4 heterocycles. The third kappa shape index (κ3) is 39.4. The van der Waals surface area contributed by atoms with Crippen LogP contribution in [0.1, 0.15) is 150 Å². The zero-order chi connectivity index (χ0) is 87.1. The standard InChI is InChI=1S/C86H118B4N12O21/c1-5-13-83(103)120-75-25-21-65(53-87)49-79(75)116-33-9-17-69-57-99(95-91-69)29-37-107-41-43-111-61-73(114-47-45-109-39-31-101-59-71(93-97-101)19-11-35-118-81-51-67(55-89)23-27-77(81)122-85(105)15-7-3)63-113-64-74(115-48-46-110-40-32-102-60-72(94-98-102)20-12-36-119-82-52-68(56-90)24-28-78(82)123-86(106)16-8-4)62-112-44-42-108-38-30-100-58-70(92-96-100)18-10-34-117-80-50-66(54-88)22-26-76(80)121-84(104)14-6-2/h21-28,49-52,57-60,73-74H,5-20,29-48,53-56,61-64H2,1-4H3. The van der Waals surface area contributed by atoms with Gasteiger partial charge in [0.05, 0.1) is 212 Å². The van der Waals surface area contributed by atoms with Gasteiger partial charge in [-0.25, -0.2) is 18.7 Å². The number of aryl methyl sites for hydroxylation is 4. The van der Waals surface area contributed by atoms with Gasteiger partial charge in [0.25, 0.3) is 0 Å². The van der Waals surface area contributed by atoms with E-state index in [1.807, 2.05) is 76.7 Å². The van der Waals surface area contributed by atoms with Gasteiger partial charge in [-0.15, -0.1) is 20.4 Å². The van der Waals surface area contributed by atoms with Crippen LogP contribution in [0.15, 0.2) is 97.6 Å². The smallest absolute Gasteiger partial charge is 0.311 e. The van der Waals surface area contributed by atoms with Crippen LogP contribution in [0.2, 0.25) is 0 Å². The van der Waals surface area contributed by atoms with Gasteiger partial charge >= 0.3 is 23.9 Å². The molecule has 8 radical (unpaired) electrons. The highest BCUT2D eigenvalue weighted by Gasteiger charge is 2.20. The highest BCUT2D eigenvalue weighted by molar-refractivity contribution is 6.09. The maximum Gasteiger partial charge on any atom is 0.311 e. The van der Waals surface area contributed by atoms with Gasteiger partial charge < -0.3 is 80.5 Å². The van der Waals surface area contributed by atoms with E-state index >= 15 is 0 Å². The number of ether oxygens (including phenoxy) is 17. The van der Waals surface area contributed by atoms with Crippen molar-refractivity contribution in [2.75, 3.05) is 132 Å². The van der Waals surface area contributed by atoms with Crippen molar-refractivity contribution in [2.45, 2.75) is 194 Å². The molecule has 0 saturated carbocycles. The van der Waals surface area contributed by atoms with Crippen LogP contribution in [-0.4, -0.2) is 260 Å². The fraction of sp³-hybridized carbons (Fsp3) is 0.581. The van der Waals surface area contributed by atoms with Crippen LogP contribution in [0.4, 0.5) is 0 Å². The van der Waals surface area contributed by atoms with Crippen molar-refractivity contribution >= 4 is 55.3 Å². The maximum absolute atomic E-state index is 12.3. The van der Waals surface area contributed by atoms with E-state index in [2.05, 4.69) is 41.2 Å². The van der Waals surface area contributed by atoms with E-state index < -0.39 is 12.2 Å². The van der Waals surface area contributed by atoms with Crippen molar-refractivity contribution < 1.29 is 99.7 Å². The molecule has 8 aromatic rings. The number of hydrogen-bond acceptors (Lipinski definition) is 29. The molecule has 123 heavy (non-hydrogen) atoms. The van der Waals surface area contributed by atoms with E-state index in [0.717, 1.165) is 45.0 Å². The van der Waals surface area contributed by atoms with Crippen LogP contribution < -0.4 is 37.9 Å². The van der Waals surface area contributed by atoms with Gasteiger partial charge in [0.2, 0.25) is 0 Å². The van der Waals surface area contributed by atoms with Crippen molar-refractivity contribution in [1.82, 2.24) is 60.0 Å². The van der Waals surface area contributed by atoms with Crippen LogP contribution >= 0.6 is 0 Å². The zero-order valence-electron chi connectivity index (χ0n) is 71.8. The fourth-order valence-electron chi connectivity index (χ4n) is 11.9. The van der Waals surface area contributed by atoms with E-state index in [1.165, 1.54) is 0 Å². The Hall–Kier alpha value is -9.58. The molecule has 2 unspecified atom stereocenters. The minimum absolute atomic E-state index is 0.144.